The number of hydrogen-bond donors (Lipinski definition) is 1. The van der Waals surface area contributed by atoms with E-state index in [9.17, 15) is 33.1 Å². The number of alkyl halides is 2. The number of fused-ring (bicyclic) bond motifs is 2. The second-order valence-electron chi connectivity index (χ2n) is 7.29. The maximum absolute atomic E-state index is 14.1. The number of ketones is 1. The van der Waals surface area contributed by atoms with Crippen molar-refractivity contribution in [3.63, 3.8) is 0 Å². The maximum atomic E-state index is 14.1. The summed E-state index contributed by atoms with van der Waals surface area (Å²) in [6, 6.07) is 0. The molecule has 8 nitrogen and oxygen atoms in total. The summed E-state index contributed by atoms with van der Waals surface area (Å²) in [6.45, 7) is 1.21. The number of carbonyl (C=O) groups is 4. The van der Waals surface area contributed by atoms with Crippen molar-refractivity contribution in [1.29, 1.82) is 0 Å². The van der Waals surface area contributed by atoms with Crippen molar-refractivity contribution in [2.75, 3.05) is 14.2 Å². The SMILES string of the molecule is COC(=O)[C@@]1(F)[C@@H]2C(=O)C=C[C@@H]21.COC(=O)[C@]1(F)[C@@H]2[C@H]1[C@@H](O)C[C@H]2OC(C)=O. The van der Waals surface area contributed by atoms with Crippen LogP contribution in [0.5, 0.6) is 0 Å². The zero-order valence-corrected chi connectivity index (χ0v) is 15.4. The molecule has 0 saturated heterocycles. The number of ether oxygens (including phenoxy) is 3. The number of hydrogen-bond acceptors (Lipinski definition) is 8. The summed E-state index contributed by atoms with van der Waals surface area (Å²) in [7, 11) is 2.21. The summed E-state index contributed by atoms with van der Waals surface area (Å²) >= 11 is 0. The van der Waals surface area contributed by atoms with Gasteiger partial charge in [-0.05, 0) is 6.08 Å². The van der Waals surface area contributed by atoms with Gasteiger partial charge >= 0.3 is 17.9 Å². The topological polar surface area (TPSA) is 116 Å². The van der Waals surface area contributed by atoms with Crippen molar-refractivity contribution in [1.82, 2.24) is 0 Å². The summed E-state index contributed by atoms with van der Waals surface area (Å²) in [5.74, 6) is -5.73. The van der Waals surface area contributed by atoms with Crippen LogP contribution in [0.2, 0.25) is 0 Å². The zero-order valence-electron chi connectivity index (χ0n) is 15.4. The van der Waals surface area contributed by atoms with Gasteiger partial charge < -0.3 is 19.3 Å². The Bertz CT molecular complexity index is 767. The molecule has 0 aromatic rings. The smallest absolute Gasteiger partial charge is 0.345 e. The Morgan fingerprint density at radius 1 is 1.11 bits per heavy atom. The Balaban J connectivity index is 0.000000167. The lowest BCUT2D eigenvalue weighted by atomic mass is 10.1. The van der Waals surface area contributed by atoms with Gasteiger partial charge in [0.25, 0.3) is 0 Å². The second kappa shape index (κ2) is 6.61. The van der Waals surface area contributed by atoms with E-state index in [4.69, 9.17) is 4.74 Å². The minimum absolute atomic E-state index is 0.178. The summed E-state index contributed by atoms with van der Waals surface area (Å²) in [5.41, 5.74) is -4.24. The van der Waals surface area contributed by atoms with Crippen LogP contribution in [0.25, 0.3) is 0 Å². The summed E-state index contributed by atoms with van der Waals surface area (Å²) in [6.07, 6.45) is 1.23. The van der Waals surface area contributed by atoms with Crippen molar-refractivity contribution < 1.29 is 47.3 Å². The molecule has 3 fully saturated rings. The van der Waals surface area contributed by atoms with Gasteiger partial charge in [0.05, 0.1) is 32.2 Å². The normalized spacial score (nSPS) is 43.9. The molecule has 0 aliphatic heterocycles. The molecule has 0 radical (unpaired) electrons. The van der Waals surface area contributed by atoms with E-state index in [2.05, 4.69) is 9.47 Å². The molecule has 8 atom stereocenters. The van der Waals surface area contributed by atoms with Crippen LogP contribution in [-0.2, 0) is 33.4 Å². The van der Waals surface area contributed by atoms with Gasteiger partial charge in [-0.15, -0.1) is 0 Å². The Labute approximate surface area is 158 Å². The molecule has 4 aliphatic rings. The standard InChI is InChI=1S/C10H13FO5.C8H7FO3/c1-4(12)16-6-3-5(13)7-8(6)10(7,11)9(14)15-2;1-12-7(11)8(9)4-2-3-5(10)6(4)8/h5-8,13H,3H2,1-2H3;2-4,6H,1H3/t5-,6+,7+,8-,10+;4-,6-,8-/m00/s1. The first-order valence-electron chi connectivity index (χ1n) is 8.67. The largest absolute Gasteiger partial charge is 0.467 e. The minimum Gasteiger partial charge on any atom is -0.467 e. The predicted molar refractivity (Wildman–Crippen MR) is 86.0 cm³/mol. The van der Waals surface area contributed by atoms with Crippen LogP contribution >= 0.6 is 0 Å². The van der Waals surface area contributed by atoms with Gasteiger partial charge in [-0.25, -0.2) is 18.4 Å². The average Bonchev–Trinajstić information content (AvgIpc) is 3.31. The molecule has 0 aromatic carbocycles. The van der Waals surface area contributed by atoms with E-state index in [1.54, 1.807) is 0 Å². The first-order valence-corrected chi connectivity index (χ1v) is 8.67. The first-order chi connectivity index (χ1) is 13.0. The maximum Gasteiger partial charge on any atom is 0.345 e. The molecule has 4 rings (SSSR count). The van der Waals surface area contributed by atoms with Crippen molar-refractivity contribution in [2.45, 2.75) is 36.9 Å². The summed E-state index contributed by atoms with van der Waals surface area (Å²) < 4.78 is 41.1. The van der Waals surface area contributed by atoms with Gasteiger partial charge in [0.2, 0.25) is 11.3 Å². The fourth-order valence-electron chi connectivity index (χ4n) is 4.46. The van der Waals surface area contributed by atoms with Crippen LogP contribution in [-0.4, -0.2) is 66.6 Å². The van der Waals surface area contributed by atoms with E-state index in [0.29, 0.717) is 0 Å². The number of carbonyl (C=O) groups excluding carboxylic acids is 4. The third-order valence-corrected chi connectivity index (χ3v) is 5.81. The number of aliphatic hydroxyl groups excluding tert-OH is 1. The minimum atomic E-state index is -2.19. The van der Waals surface area contributed by atoms with E-state index in [1.165, 1.54) is 19.1 Å². The zero-order chi connectivity index (χ0) is 21.0. The van der Waals surface area contributed by atoms with Gasteiger partial charge in [-0.1, -0.05) is 6.08 Å². The van der Waals surface area contributed by atoms with E-state index >= 15 is 0 Å². The molecule has 154 valence electrons. The molecular weight excluding hydrogens is 382 g/mol. The lowest BCUT2D eigenvalue weighted by molar-refractivity contribution is -0.157. The Morgan fingerprint density at radius 3 is 2.14 bits per heavy atom. The van der Waals surface area contributed by atoms with Gasteiger partial charge in [-0.3, -0.25) is 9.59 Å². The molecule has 3 saturated carbocycles. The van der Waals surface area contributed by atoms with Crippen LogP contribution in [0.15, 0.2) is 12.2 Å². The van der Waals surface area contributed by atoms with Crippen LogP contribution < -0.4 is 0 Å². The fourth-order valence-corrected chi connectivity index (χ4v) is 4.46. The number of halogens is 2. The van der Waals surface area contributed by atoms with Crippen molar-refractivity contribution in [3.8, 4) is 0 Å². The Kier molecular flexibility index (Phi) is 4.81. The van der Waals surface area contributed by atoms with E-state index < -0.39 is 65.1 Å². The number of allylic oxidation sites excluding steroid dienone is 2. The molecule has 0 unspecified atom stereocenters. The molecule has 0 aromatic heterocycles. The van der Waals surface area contributed by atoms with Crippen molar-refractivity contribution in [2.24, 2.45) is 23.7 Å². The monoisotopic (exact) mass is 402 g/mol. The van der Waals surface area contributed by atoms with Crippen LogP contribution in [0, 0.1) is 23.7 Å². The van der Waals surface area contributed by atoms with E-state index in [0.717, 1.165) is 14.2 Å². The van der Waals surface area contributed by atoms with Gasteiger partial charge in [0, 0.05) is 25.2 Å². The molecule has 0 heterocycles. The second-order valence-corrected chi connectivity index (χ2v) is 7.29. The highest BCUT2D eigenvalue weighted by atomic mass is 19.2. The van der Waals surface area contributed by atoms with Gasteiger partial charge in [0.1, 0.15) is 6.10 Å². The molecule has 4 aliphatic carbocycles. The number of aliphatic hydroxyl groups is 1. The van der Waals surface area contributed by atoms with Gasteiger partial charge in [0.15, 0.2) is 5.78 Å². The summed E-state index contributed by atoms with van der Waals surface area (Å²) in [5, 5.41) is 9.56. The molecule has 0 spiro atoms. The van der Waals surface area contributed by atoms with Crippen LogP contribution in [0.3, 0.4) is 0 Å². The lowest BCUT2D eigenvalue weighted by Gasteiger charge is -2.18. The molecule has 0 amide bonds. The fraction of sp³-hybridized carbons (Fsp3) is 0.667. The van der Waals surface area contributed by atoms with Crippen LogP contribution in [0.4, 0.5) is 8.78 Å². The molecule has 10 heteroatoms. The Morgan fingerprint density at radius 2 is 1.68 bits per heavy atom. The Hall–Kier alpha value is -2.36. The third kappa shape index (κ3) is 2.73. The first kappa shape index (κ1) is 20.4. The van der Waals surface area contributed by atoms with Crippen molar-refractivity contribution >= 4 is 23.7 Å². The molecular formula is C18H20F2O8. The van der Waals surface area contributed by atoms with E-state index in [-0.39, 0.29) is 12.2 Å². The molecule has 1 N–H and O–H groups in total. The highest BCUT2D eigenvalue weighted by molar-refractivity contribution is 6.06. The van der Waals surface area contributed by atoms with E-state index in [1.807, 2.05) is 0 Å². The lowest BCUT2D eigenvalue weighted by Crippen LogP contribution is -2.34. The molecule has 28 heavy (non-hydrogen) atoms. The van der Waals surface area contributed by atoms with Gasteiger partial charge in [-0.2, -0.15) is 0 Å². The summed E-state index contributed by atoms with van der Waals surface area (Å²) in [4.78, 5) is 43.8. The third-order valence-electron chi connectivity index (χ3n) is 5.81. The molecule has 0 bridgehead atoms. The van der Waals surface area contributed by atoms with Crippen molar-refractivity contribution in [3.05, 3.63) is 12.2 Å². The van der Waals surface area contributed by atoms with Crippen LogP contribution in [0.1, 0.15) is 13.3 Å². The highest BCUT2D eigenvalue weighted by Gasteiger charge is 2.81. The predicted octanol–water partition coefficient (Wildman–Crippen LogP) is 0.0626. The highest BCUT2D eigenvalue weighted by Crippen LogP contribution is 2.64. The number of methoxy groups -OCH3 is 2. The number of esters is 3. The quantitative estimate of drug-likeness (QED) is 0.521. The number of rotatable bonds is 3. The average molecular weight is 402 g/mol.